The lowest BCUT2D eigenvalue weighted by Gasteiger charge is -2.08. The van der Waals surface area contributed by atoms with Gasteiger partial charge in [0.25, 0.3) is 0 Å². The van der Waals surface area contributed by atoms with Crippen LogP contribution in [0.1, 0.15) is 12.5 Å². The molecule has 25 heavy (non-hydrogen) atoms. The molecule has 3 rings (SSSR count). The van der Waals surface area contributed by atoms with Crippen molar-refractivity contribution in [2.24, 2.45) is 0 Å². The Labute approximate surface area is 153 Å². The molecule has 7 heteroatoms. The summed E-state index contributed by atoms with van der Waals surface area (Å²) < 4.78 is 13.5. The first-order valence-corrected chi connectivity index (χ1v) is 10.4. The Hall–Kier alpha value is -2.12. The summed E-state index contributed by atoms with van der Waals surface area (Å²) in [5.74, 6) is 1.80. The average molecular weight is 374 g/mol. The highest BCUT2D eigenvalue weighted by molar-refractivity contribution is 7.98. The first-order valence-electron chi connectivity index (χ1n) is 7.86. The van der Waals surface area contributed by atoms with Crippen molar-refractivity contribution in [1.29, 1.82) is 0 Å². The van der Waals surface area contributed by atoms with Gasteiger partial charge in [-0.2, -0.15) is 0 Å². The Bertz CT molecular complexity index is 874. The van der Waals surface area contributed by atoms with Gasteiger partial charge in [-0.05, 0) is 48.9 Å². The van der Waals surface area contributed by atoms with Crippen LogP contribution < -0.4 is 0 Å². The van der Waals surface area contributed by atoms with E-state index in [9.17, 15) is 9.32 Å². The Morgan fingerprint density at radius 3 is 2.36 bits per heavy atom. The molecule has 0 spiro atoms. The minimum atomic E-state index is -0.953. The van der Waals surface area contributed by atoms with Gasteiger partial charge in [-0.15, -0.1) is 10.2 Å². The van der Waals surface area contributed by atoms with Crippen molar-refractivity contribution in [2.75, 3.05) is 6.26 Å². The van der Waals surface area contributed by atoms with Crippen molar-refractivity contribution in [1.82, 2.24) is 14.8 Å². The first-order chi connectivity index (χ1) is 12.1. The molecule has 1 atom stereocenters. The molecule has 0 aliphatic carbocycles. The highest BCUT2D eigenvalue weighted by Crippen LogP contribution is 2.27. The molecular weight excluding hydrogens is 354 g/mol. The number of nitrogens with zero attached hydrogens (tertiary/aromatic N) is 3. The maximum absolute atomic E-state index is 11.4. The van der Waals surface area contributed by atoms with Gasteiger partial charge in [-0.25, -0.2) is 0 Å². The van der Waals surface area contributed by atoms with E-state index >= 15 is 0 Å². The maximum atomic E-state index is 11.4. The third kappa shape index (κ3) is 4.11. The zero-order valence-electron chi connectivity index (χ0n) is 14.0. The van der Waals surface area contributed by atoms with E-state index in [2.05, 4.69) is 21.7 Å². The van der Waals surface area contributed by atoms with Gasteiger partial charge in [-0.1, -0.05) is 23.9 Å². The molecule has 1 aromatic heterocycles. The summed E-state index contributed by atoms with van der Waals surface area (Å²) in [6, 6.07) is 14.8. The van der Waals surface area contributed by atoms with E-state index < -0.39 is 10.8 Å². The van der Waals surface area contributed by atoms with Crippen LogP contribution in [0.3, 0.4) is 0 Å². The Morgan fingerprint density at radius 2 is 1.76 bits per heavy atom. The van der Waals surface area contributed by atoms with Gasteiger partial charge in [0, 0.05) is 39.8 Å². The highest BCUT2D eigenvalue weighted by Gasteiger charge is 2.13. The van der Waals surface area contributed by atoms with Crippen molar-refractivity contribution in [3.63, 3.8) is 0 Å². The standard InChI is InChI=1S/C18H19N3O2S2/c1-3-21-17(14-6-8-15(22)9-7-14)19-20-18(21)24-12-13-4-10-16(11-5-13)25(2)23/h4-11,22H,3,12H2,1-2H3. The predicted molar refractivity (Wildman–Crippen MR) is 101 cm³/mol. The van der Waals surface area contributed by atoms with Crippen molar-refractivity contribution in [2.45, 2.75) is 29.3 Å². The zero-order chi connectivity index (χ0) is 17.8. The van der Waals surface area contributed by atoms with Crippen LogP contribution in [0.5, 0.6) is 5.75 Å². The average Bonchev–Trinajstić information content (AvgIpc) is 3.04. The van der Waals surface area contributed by atoms with E-state index in [0.717, 1.165) is 39.3 Å². The lowest BCUT2D eigenvalue weighted by molar-refractivity contribution is 0.475. The number of hydrogen-bond acceptors (Lipinski definition) is 5. The van der Waals surface area contributed by atoms with Crippen LogP contribution >= 0.6 is 11.8 Å². The molecule has 0 amide bonds. The number of phenols is 1. The van der Waals surface area contributed by atoms with E-state index in [-0.39, 0.29) is 5.75 Å². The summed E-state index contributed by atoms with van der Waals surface area (Å²) in [7, 11) is -0.953. The molecule has 2 aromatic carbocycles. The second kappa shape index (κ2) is 7.84. The van der Waals surface area contributed by atoms with Gasteiger partial charge < -0.3 is 9.67 Å². The van der Waals surface area contributed by atoms with E-state index in [1.54, 1.807) is 30.2 Å². The Morgan fingerprint density at radius 1 is 1.08 bits per heavy atom. The lowest BCUT2D eigenvalue weighted by Crippen LogP contribution is -1.99. The van der Waals surface area contributed by atoms with Crippen LogP contribution in [0.2, 0.25) is 0 Å². The van der Waals surface area contributed by atoms with Crippen LogP contribution in [0.25, 0.3) is 11.4 Å². The van der Waals surface area contributed by atoms with Crippen molar-refractivity contribution in [3.05, 3.63) is 54.1 Å². The summed E-state index contributed by atoms with van der Waals surface area (Å²) in [6.45, 7) is 2.82. The number of aromatic hydroxyl groups is 1. The lowest BCUT2D eigenvalue weighted by atomic mass is 10.2. The van der Waals surface area contributed by atoms with Gasteiger partial charge in [0.15, 0.2) is 11.0 Å². The topological polar surface area (TPSA) is 68.0 Å². The molecule has 0 bridgehead atoms. The number of hydrogen-bond donors (Lipinski definition) is 1. The molecular formula is C18H19N3O2S2. The minimum absolute atomic E-state index is 0.234. The molecule has 0 saturated carbocycles. The third-order valence-electron chi connectivity index (χ3n) is 3.78. The fourth-order valence-corrected chi connectivity index (χ4v) is 3.91. The van der Waals surface area contributed by atoms with Crippen LogP contribution in [0.4, 0.5) is 0 Å². The maximum Gasteiger partial charge on any atom is 0.191 e. The smallest absolute Gasteiger partial charge is 0.191 e. The number of rotatable bonds is 6. The third-order valence-corrected chi connectivity index (χ3v) is 5.76. The number of aromatic nitrogens is 3. The normalized spacial score (nSPS) is 12.2. The van der Waals surface area contributed by atoms with Gasteiger partial charge in [0.05, 0.1) is 0 Å². The SMILES string of the molecule is CCn1c(SCc2ccc(S(C)=O)cc2)nnc1-c1ccc(O)cc1. The fraction of sp³-hybridized carbons (Fsp3) is 0.222. The molecule has 0 fully saturated rings. The summed E-state index contributed by atoms with van der Waals surface area (Å²) in [5, 5.41) is 18.9. The second-order valence-corrected chi connectivity index (χ2v) is 7.81. The number of thioether (sulfide) groups is 1. The van der Waals surface area contributed by atoms with Gasteiger partial charge in [0.1, 0.15) is 5.75 Å². The van der Waals surface area contributed by atoms with E-state index in [1.165, 1.54) is 0 Å². The Balaban J connectivity index is 1.76. The van der Waals surface area contributed by atoms with Crippen LogP contribution in [-0.2, 0) is 23.1 Å². The van der Waals surface area contributed by atoms with E-state index in [0.29, 0.717) is 0 Å². The zero-order valence-corrected chi connectivity index (χ0v) is 15.7. The van der Waals surface area contributed by atoms with Gasteiger partial charge >= 0.3 is 0 Å². The summed E-state index contributed by atoms with van der Waals surface area (Å²) >= 11 is 1.62. The summed E-state index contributed by atoms with van der Waals surface area (Å²) in [6.07, 6.45) is 1.68. The molecule has 1 heterocycles. The van der Waals surface area contributed by atoms with Gasteiger partial charge in [0.2, 0.25) is 0 Å². The van der Waals surface area contributed by atoms with Crippen LogP contribution in [-0.4, -0.2) is 30.3 Å². The fourth-order valence-electron chi connectivity index (χ4n) is 2.43. The molecule has 1 N–H and O–H groups in total. The summed E-state index contributed by atoms with van der Waals surface area (Å²) in [4.78, 5) is 0.833. The van der Waals surface area contributed by atoms with E-state index in [4.69, 9.17) is 0 Å². The van der Waals surface area contributed by atoms with E-state index in [1.807, 2.05) is 36.4 Å². The number of benzene rings is 2. The Kier molecular flexibility index (Phi) is 5.55. The quantitative estimate of drug-likeness (QED) is 0.667. The predicted octanol–water partition coefficient (Wildman–Crippen LogP) is 3.70. The second-order valence-electron chi connectivity index (χ2n) is 5.48. The molecule has 130 valence electrons. The number of phenolic OH excluding ortho intramolecular Hbond substituents is 1. The highest BCUT2D eigenvalue weighted by atomic mass is 32.2. The van der Waals surface area contributed by atoms with Crippen LogP contribution in [0.15, 0.2) is 58.6 Å². The van der Waals surface area contributed by atoms with Gasteiger partial charge in [-0.3, -0.25) is 4.21 Å². The monoisotopic (exact) mass is 373 g/mol. The van der Waals surface area contributed by atoms with Crippen molar-refractivity contribution in [3.8, 4) is 17.1 Å². The molecule has 5 nitrogen and oxygen atoms in total. The van der Waals surface area contributed by atoms with Crippen LogP contribution in [0, 0.1) is 0 Å². The molecule has 0 radical (unpaired) electrons. The molecule has 0 saturated heterocycles. The molecule has 1 unspecified atom stereocenters. The first kappa shape index (κ1) is 17.7. The molecule has 3 aromatic rings. The largest absolute Gasteiger partial charge is 0.508 e. The molecule has 0 aliphatic heterocycles. The van der Waals surface area contributed by atoms with Crippen molar-refractivity contribution >= 4 is 22.6 Å². The molecule has 0 aliphatic rings. The van der Waals surface area contributed by atoms with Crippen molar-refractivity contribution < 1.29 is 9.32 Å². The minimum Gasteiger partial charge on any atom is -0.508 e. The summed E-state index contributed by atoms with van der Waals surface area (Å²) in [5.41, 5.74) is 2.07.